The number of ether oxygens (including phenoxy) is 2. The van der Waals surface area contributed by atoms with Crippen molar-refractivity contribution in [3.05, 3.63) is 89.7 Å². The maximum atomic E-state index is 13.5. The van der Waals surface area contributed by atoms with Gasteiger partial charge in [-0.15, -0.1) is 0 Å². The molecule has 0 saturated carbocycles. The zero-order valence-electron chi connectivity index (χ0n) is 19.9. The topological polar surface area (TPSA) is 71.1 Å². The molecule has 1 heterocycles. The van der Waals surface area contributed by atoms with Crippen molar-refractivity contribution >= 4 is 34.8 Å². The molecule has 7 nitrogen and oxygen atoms in total. The Labute approximate surface area is 214 Å². The Hall–Kier alpha value is -3.98. The number of carbonyl (C=O) groups is 2. The van der Waals surface area contributed by atoms with E-state index in [2.05, 4.69) is 5.32 Å². The molecule has 1 aliphatic rings. The zero-order chi connectivity index (χ0) is 25.7. The summed E-state index contributed by atoms with van der Waals surface area (Å²) in [5.74, 6) is 0.439. The first-order valence-corrected chi connectivity index (χ1v) is 11.7. The van der Waals surface area contributed by atoms with Crippen LogP contribution in [0.15, 0.2) is 72.8 Å². The van der Waals surface area contributed by atoms with Gasteiger partial charge >= 0.3 is 0 Å². The van der Waals surface area contributed by atoms with Crippen molar-refractivity contribution in [2.24, 2.45) is 0 Å². The molecule has 0 aromatic heterocycles. The number of rotatable bonds is 9. The summed E-state index contributed by atoms with van der Waals surface area (Å²) >= 11 is 5.69. The van der Waals surface area contributed by atoms with E-state index < -0.39 is 6.04 Å². The van der Waals surface area contributed by atoms with Gasteiger partial charge in [0.2, 0.25) is 5.91 Å². The third-order valence-electron chi connectivity index (χ3n) is 5.92. The molecule has 36 heavy (non-hydrogen) atoms. The number of carbonyl (C=O) groups excluding carboxylic acids is 2. The quantitative estimate of drug-likeness (QED) is 0.434. The lowest BCUT2D eigenvalue weighted by Crippen LogP contribution is -2.37. The first kappa shape index (κ1) is 25.1. The molecule has 1 atom stereocenters. The Morgan fingerprint density at radius 3 is 2.00 bits per heavy atom. The van der Waals surface area contributed by atoms with Crippen molar-refractivity contribution in [2.75, 3.05) is 19.5 Å². The summed E-state index contributed by atoms with van der Waals surface area (Å²) in [7, 11) is 3.16. The standard InChI is InChI=1S/C27H26FN3O4S/c1-34-22-11-5-19(6-12-22)16-30-24(15-25(32)29-21-9-13-23(35-2)14-10-21)26(33)31(27(30)36)17-18-3-7-20(28)8-4-18/h3-14,24H,15-17H2,1-2H3,(H,29,32). The van der Waals surface area contributed by atoms with E-state index in [0.717, 1.165) is 11.1 Å². The van der Waals surface area contributed by atoms with E-state index in [1.165, 1.54) is 17.0 Å². The molecule has 4 rings (SSSR count). The van der Waals surface area contributed by atoms with Crippen LogP contribution in [0.2, 0.25) is 0 Å². The molecule has 9 heteroatoms. The monoisotopic (exact) mass is 507 g/mol. The molecule has 1 unspecified atom stereocenters. The van der Waals surface area contributed by atoms with E-state index >= 15 is 0 Å². The molecule has 1 saturated heterocycles. The van der Waals surface area contributed by atoms with Crippen LogP contribution in [0.4, 0.5) is 10.1 Å². The molecular formula is C27H26FN3O4S. The van der Waals surface area contributed by atoms with Gasteiger partial charge in [-0.25, -0.2) is 4.39 Å². The summed E-state index contributed by atoms with van der Waals surface area (Å²) in [6.07, 6.45) is -0.0823. The summed E-state index contributed by atoms with van der Waals surface area (Å²) in [4.78, 5) is 29.6. The zero-order valence-corrected chi connectivity index (χ0v) is 20.8. The number of hydrogen-bond donors (Lipinski definition) is 1. The number of anilines is 1. The highest BCUT2D eigenvalue weighted by Gasteiger charge is 2.43. The SMILES string of the molecule is COc1ccc(CN2C(=S)N(Cc3ccc(F)cc3)C(=O)C2CC(=O)Nc2ccc(OC)cc2)cc1. The molecule has 1 N–H and O–H groups in total. The molecular weight excluding hydrogens is 481 g/mol. The minimum Gasteiger partial charge on any atom is -0.497 e. The summed E-state index contributed by atoms with van der Waals surface area (Å²) in [5.41, 5.74) is 2.24. The van der Waals surface area contributed by atoms with Crippen LogP contribution in [0.25, 0.3) is 0 Å². The highest BCUT2D eigenvalue weighted by Crippen LogP contribution is 2.26. The van der Waals surface area contributed by atoms with Crippen LogP contribution in [0, 0.1) is 5.82 Å². The van der Waals surface area contributed by atoms with Crippen LogP contribution in [-0.4, -0.2) is 47.0 Å². The number of hydrogen-bond acceptors (Lipinski definition) is 5. The van der Waals surface area contributed by atoms with Gasteiger partial charge in [0.15, 0.2) is 5.11 Å². The van der Waals surface area contributed by atoms with Gasteiger partial charge < -0.3 is 19.7 Å². The van der Waals surface area contributed by atoms with Crippen LogP contribution in [0.3, 0.4) is 0 Å². The summed E-state index contributed by atoms with van der Waals surface area (Å²) < 4.78 is 23.7. The number of benzene rings is 3. The van der Waals surface area contributed by atoms with Crippen LogP contribution in [-0.2, 0) is 22.7 Å². The van der Waals surface area contributed by atoms with Crippen LogP contribution in [0.1, 0.15) is 17.5 Å². The van der Waals surface area contributed by atoms with Crippen molar-refractivity contribution in [1.29, 1.82) is 0 Å². The minimum atomic E-state index is -0.779. The lowest BCUT2D eigenvalue weighted by Gasteiger charge is -2.24. The fourth-order valence-corrected chi connectivity index (χ4v) is 4.33. The number of nitrogens with one attached hydrogen (secondary N) is 1. The number of thiocarbonyl (C=S) groups is 1. The molecule has 2 amide bonds. The molecule has 0 spiro atoms. The van der Waals surface area contributed by atoms with Crippen LogP contribution in [0.5, 0.6) is 11.5 Å². The van der Waals surface area contributed by atoms with E-state index in [1.54, 1.807) is 55.5 Å². The molecule has 3 aromatic carbocycles. The van der Waals surface area contributed by atoms with Gasteiger partial charge in [0.05, 0.1) is 27.2 Å². The molecule has 1 aliphatic heterocycles. The van der Waals surface area contributed by atoms with Crippen LogP contribution < -0.4 is 14.8 Å². The molecule has 0 aliphatic carbocycles. The van der Waals surface area contributed by atoms with Crippen LogP contribution >= 0.6 is 12.2 Å². The maximum Gasteiger partial charge on any atom is 0.252 e. The Kier molecular flexibility index (Phi) is 7.80. The average Bonchev–Trinajstić information content (AvgIpc) is 3.10. The van der Waals surface area contributed by atoms with Gasteiger partial charge in [0.1, 0.15) is 23.4 Å². The van der Waals surface area contributed by atoms with E-state index in [1.807, 2.05) is 24.3 Å². The largest absolute Gasteiger partial charge is 0.497 e. The fourth-order valence-electron chi connectivity index (χ4n) is 3.98. The first-order chi connectivity index (χ1) is 17.4. The Bertz CT molecular complexity index is 1230. The lowest BCUT2D eigenvalue weighted by molar-refractivity contribution is -0.131. The van der Waals surface area contributed by atoms with Crippen molar-refractivity contribution in [2.45, 2.75) is 25.6 Å². The molecule has 1 fully saturated rings. The smallest absolute Gasteiger partial charge is 0.252 e. The summed E-state index contributed by atoms with van der Waals surface area (Å²) in [6.45, 7) is 0.530. The Balaban J connectivity index is 1.54. The Morgan fingerprint density at radius 1 is 0.889 bits per heavy atom. The normalized spacial score (nSPS) is 15.2. The third kappa shape index (κ3) is 5.80. The van der Waals surface area contributed by atoms with E-state index in [4.69, 9.17) is 21.7 Å². The van der Waals surface area contributed by atoms with Gasteiger partial charge in [-0.3, -0.25) is 14.5 Å². The summed E-state index contributed by atoms with van der Waals surface area (Å²) in [5, 5.41) is 3.15. The predicted octanol–water partition coefficient (Wildman–Crippen LogP) is 4.37. The molecule has 186 valence electrons. The van der Waals surface area contributed by atoms with Crippen molar-refractivity contribution in [1.82, 2.24) is 9.80 Å². The van der Waals surface area contributed by atoms with Crippen molar-refractivity contribution in [3.8, 4) is 11.5 Å². The summed E-state index contributed by atoms with van der Waals surface area (Å²) in [6, 6.07) is 19.5. The number of nitrogens with zero attached hydrogens (tertiary/aromatic N) is 2. The van der Waals surface area contributed by atoms with E-state index in [9.17, 15) is 14.0 Å². The second-order valence-electron chi connectivity index (χ2n) is 8.31. The maximum absolute atomic E-state index is 13.5. The first-order valence-electron chi connectivity index (χ1n) is 11.3. The van der Waals surface area contributed by atoms with Crippen molar-refractivity contribution < 1.29 is 23.5 Å². The second-order valence-corrected chi connectivity index (χ2v) is 8.67. The minimum absolute atomic E-state index is 0.0823. The molecule has 3 aromatic rings. The number of methoxy groups -OCH3 is 2. The van der Waals surface area contributed by atoms with Crippen molar-refractivity contribution in [3.63, 3.8) is 0 Å². The van der Waals surface area contributed by atoms with E-state index in [0.29, 0.717) is 28.8 Å². The number of amides is 2. The highest BCUT2D eigenvalue weighted by atomic mass is 32.1. The Morgan fingerprint density at radius 2 is 1.42 bits per heavy atom. The fraction of sp³-hybridized carbons (Fsp3) is 0.222. The van der Waals surface area contributed by atoms with Gasteiger partial charge in [-0.2, -0.15) is 0 Å². The molecule has 0 radical (unpaired) electrons. The van der Waals surface area contributed by atoms with E-state index in [-0.39, 0.29) is 30.6 Å². The third-order valence-corrected chi connectivity index (χ3v) is 6.38. The van der Waals surface area contributed by atoms with Gasteiger partial charge in [-0.05, 0) is 71.9 Å². The second kappa shape index (κ2) is 11.2. The van der Waals surface area contributed by atoms with Gasteiger partial charge in [0.25, 0.3) is 5.91 Å². The average molecular weight is 508 g/mol. The predicted molar refractivity (Wildman–Crippen MR) is 138 cm³/mol. The van der Waals surface area contributed by atoms with Gasteiger partial charge in [-0.1, -0.05) is 24.3 Å². The highest BCUT2D eigenvalue weighted by molar-refractivity contribution is 7.80. The molecule has 0 bridgehead atoms. The number of halogens is 1. The lowest BCUT2D eigenvalue weighted by atomic mass is 10.1. The van der Waals surface area contributed by atoms with Gasteiger partial charge in [0, 0.05) is 12.2 Å².